The number of thioether (sulfide) groups is 1. The molecule has 1 aromatic carbocycles. The molecule has 1 fully saturated rings. The molecule has 10 heteroatoms. The lowest BCUT2D eigenvalue weighted by Crippen LogP contribution is -2.47. The number of hydrogen-bond acceptors (Lipinski definition) is 6. The zero-order valence-corrected chi connectivity index (χ0v) is 18.9. The number of hydrogen-bond donors (Lipinski definition) is 2. The number of anilines is 2. The van der Waals surface area contributed by atoms with E-state index in [-0.39, 0.29) is 16.6 Å². The van der Waals surface area contributed by atoms with Crippen molar-refractivity contribution in [2.75, 3.05) is 23.1 Å². The van der Waals surface area contributed by atoms with E-state index >= 15 is 0 Å². The highest BCUT2D eigenvalue weighted by molar-refractivity contribution is 8.01. The molecule has 0 bridgehead atoms. The molecule has 2 N–H and O–H groups in total. The van der Waals surface area contributed by atoms with Gasteiger partial charge in [0.1, 0.15) is 5.82 Å². The van der Waals surface area contributed by atoms with Crippen molar-refractivity contribution in [2.45, 2.75) is 41.7 Å². The van der Waals surface area contributed by atoms with Gasteiger partial charge in [-0.2, -0.15) is 0 Å². The van der Waals surface area contributed by atoms with Crippen molar-refractivity contribution in [3.8, 4) is 0 Å². The molecular formula is C21H24N4O4S2. The number of piperidine rings is 1. The lowest BCUT2D eigenvalue weighted by Gasteiger charge is -2.33. The molecule has 164 valence electrons. The molecule has 3 heterocycles. The van der Waals surface area contributed by atoms with E-state index in [9.17, 15) is 18.0 Å². The largest absolute Gasteiger partial charge is 0.341 e. The second-order valence-electron chi connectivity index (χ2n) is 7.98. The molecule has 0 aliphatic carbocycles. The number of benzene rings is 1. The highest BCUT2D eigenvalue weighted by atomic mass is 32.2. The average molecular weight is 461 g/mol. The van der Waals surface area contributed by atoms with E-state index in [0.717, 1.165) is 30.2 Å². The van der Waals surface area contributed by atoms with E-state index in [0.29, 0.717) is 29.6 Å². The van der Waals surface area contributed by atoms with E-state index in [1.165, 1.54) is 12.1 Å². The number of pyridine rings is 1. The summed E-state index contributed by atoms with van der Waals surface area (Å²) in [5.41, 5.74) is 1.30. The second kappa shape index (κ2) is 8.51. The molecule has 31 heavy (non-hydrogen) atoms. The predicted molar refractivity (Wildman–Crippen MR) is 119 cm³/mol. The zero-order chi connectivity index (χ0) is 22.2. The Morgan fingerprint density at radius 3 is 2.65 bits per heavy atom. The topological polar surface area (TPSA) is 108 Å². The Bertz CT molecular complexity index is 1110. The van der Waals surface area contributed by atoms with Gasteiger partial charge in [0.25, 0.3) is 10.0 Å². The normalized spacial score (nSPS) is 19.5. The van der Waals surface area contributed by atoms with Crippen molar-refractivity contribution < 1.29 is 18.0 Å². The first-order valence-corrected chi connectivity index (χ1v) is 12.4. The number of nitrogens with zero attached hydrogens (tertiary/aromatic N) is 2. The molecule has 0 radical (unpaired) electrons. The standard InChI is InChI=1S/C21H24N4O4S2/c1-13-7-9-25(10-8-13)21(27)19-20(26)23-16-11-15(4-5-17(16)30-19)31(28,29)24-18-6-3-14(2)12-22-18/h3-6,11-13,19H,7-10H2,1-2H3,(H,22,24)(H,23,26). The third-order valence-corrected chi connectivity index (χ3v) is 8.09. The number of nitrogens with one attached hydrogen (secondary N) is 2. The minimum Gasteiger partial charge on any atom is -0.341 e. The van der Waals surface area contributed by atoms with E-state index in [4.69, 9.17) is 0 Å². The maximum absolute atomic E-state index is 12.9. The Hall–Kier alpha value is -2.59. The van der Waals surface area contributed by atoms with Crippen molar-refractivity contribution in [1.82, 2.24) is 9.88 Å². The molecule has 1 aromatic heterocycles. The summed E-state index contributed by atoms with van der Waals surface area (Å²) >= 11 is 1.16. The van der Waals surface area contributed by atoms with Crippen LogP contribution in [0.15, 0.2) is 46.3 Å². The molecule has 1 saturated heterocycles. The minimum absolute atomic E-state index is 0.00400. The molecule has 4 rings (SSSR count). The SMILES string of the molecule is Cc1ccc(NS(=O)(=O)c2ccc3c(c2)NC(=O)C(C(=O)N2CCC(C)CC2)S3)nc1. The first-order valence-electron chi connectivity index (χ1n) is 10.1. The maximum Gasteiger partial charge on any atom is 0.263 e. The van der Waals surface area contributed by atoms with E-state index in [1.54, 1.807) is 29.3 Å². The number of aromatic nitrogens is 1. The minimum atomic E-state index is -3.88. The molecule has 0 spiro atoms. The van der Waals surface area contributed by atoms with Gasteiger partial charge in [-0.1, -0.05) is 13.0 Å². The molecule has 2 aliphatic heterocycles. The average Bonchev–Trinajstić information content (AvgIpc) is 2.74. The van der Waals surface area contributed by atoms with Crippen LogP contribution in [0.25, 0.3) is 0 Å². The van der Waals surface area contributed by atoms with Gasteiger partial charge in [0.05, 0.1) is 10.6 Å². The number of amides is 2. The number of rotatable bonds is 4. The van der Waals surface area contributed by atoms with Gasteiger partial charge in [-0.3, -0.25) is 14.3 Å². The number of sulfonamides is 1. The van der Waals surface area contributed by atoms with Crippen LogP contribution in [0.4, 0.5) is 11.5 Å². The van der Waals surface area contributed by atoms with Crippen LogP contribution < -0.4 is 10.0 Å². The van der Waals surface area contributed by atoms with Gasteiger partial charge in [0, 0.05) is 24.2 Å². The van der Waals surface area contributed by atoms with Crippen LogP contribution in [-0.2, 0) is 19.6 Å². The first kappa shape index (κ1) is 21.6. The van der Waals surface area contributed by atoms with E-state index in [2.05, 4.69) is 21.9 Å². The van der Waals surface area contributed by atoms with Gasteiger partial charge in [0.2, 0.25) is 11.8 Å². The quantitative estimate of drug-likeness (QED) is 0.679. The van der Waals surface area contributed by atoms with E-state index < -0.39 is 21.2 Å². The molecule has 1 atom stereocenters. The highest BCUT2D eigenvalue weighted by Crippen LogP contribution is 2.38. The van der Waals surface area contributed by atoms with Crippen molar-refractivity contribution in [2.24, 2.45) is 5.92 Å². The summed E-state index contributed by atoms with van der Waals surface area (Å²) < 4.78 is 27.9. The molecular weight excluding hydrogens is 436 g/mol. The van der Waals surface area contributed by atoms with Crippen molar-refractivity contribution in [3.63, 3.8) is 0 Å². The number of likely N-dealkylation sites (tertiary alicyclic amines) is 1. The summed E-state index contributed by atoms with van der Waals surface area (Å²) in [6, 6.07) is 7.83. The molecule has 1 unspecified atom stereocenters. The fourth-order valence-electron chi connectivity index (χ4n) is 3.54. The van der Waals surface area contributed by atoms with Crippen molar-refractivity contribution in [3.05, 3.63) is 42.1 Å². The number of carbonyl (C=O) groups is 2. The lowest BCUT2D eigenvalue weighted by molar-refractivity contribution is -0.135. The molecule has 2 aromatic rings. The molecule has 8 nitrogen and oxygen atoms in total. The zero-order valence-electron chi connectivity index (χ0n) is 17.3. The monoisotopic (exact) mass is 460 g/mol. The van der Waals surface area contributed by atoms with Crippen LogP contribution in [0.2, 0.25) is 0 Å². The fourth-order valence-corrected chi connectivity index (χ4v) is 5.63. The summed E-state index contributed by atoms with van der Waals surface area (Å²) in [5.74, 6) is 0.178. The Morgan fingerprint density at radius 1 is 1.23 bits per heavy atom. The van der Waals surface area contributed by atoms with Gasteiger partial charge < -0.3 is 10.2 Å². The van der Waals surface area contributed by atoms with Gasteiger partial charge >= 0.3 is 0 Å². The Morgan fingerprint density at radius 2 is 1.97 bits per heavy atom. The second-order valence-corrected chi connectivity index (χ2v) is 10.8. The first-order chi connectivity index (χ1) is 14.7. The number of carbonyl (C=O) groups excluding carboxylic acids is 2. The van der Waals surface area contributed by atoms with Gasteiger partial charge in [-0.05, 0) is 55.5 Å². The number of fused-ring (bicyclic) bond motifs is 1. The molecule has 2 aliphatic rings. The Kier molecular flexibility index (Phi) is 5.94. The van der Waals surface area contributed by atoms with E-state index in [1.807, 2.05) is 6.92 Å². The van der Waals surface area contributed by atoms with Crippen LogP contribution in [0.5, 0.6) is 0 Å². The molecule has 2 amide bonds. The summed E-state index contributed by atoms with van der Waals surface area (Å²) in [6.07, 6.45) is 3.44. The van der Waals surface area contributed by atoms with Gasteiger partial charge in [0.15, 0.2) is 5.25 Å². The summed E-state index contributed by atoms with van der Waals surface area (Å²) in [4.78, 5) is 32.0. The van der Waals surface area contributed by atoms with Gasteiger partial charge in [-0.25, -0.2) is 13.4 Å². The third kappa shape index (κ3) is 4.69. The van der Waals surface area contributed by atoms with Crippen LogP contribution >= 0.6 is 11.8 Å². The van der Waals surface area contributed by atoms with Crippen LogP contribution in [-0.4, -0.2) is 48.5 Å². The fraction of sp³-hybridized carbons (Fsp3) is 0.381. The van der Waals surface area contributed by atoms with Crippen molar-refractivity contribution in [1.29, 1.82) is 0 Å². The van der Waals surface area contributed by atoms with Crippen molar-refractivity contribution >= 4 is 45.1 Å². The maximum atomic E-state index is 12.9. The smallest absolute Gasteiger partial charge is 0.263 e. The summed E-state index contributed by atoms with van der Waals surface area (Å²) in [7, 11) is -3.88. The Labute approximate surface area is 185 Å². The van der Waals surface area contributed by atoms with Gasteiger partial charge in [-0.15, -0.1) is 11.8 Å². The Balaban J connectivity index is 1.51. The predicted octanol–water partition coefficient (Wildman–Crippen LogP) is 2.86. The number of aryl methyl sites for hydroxylation is 1. The molecule has 0 saturated carbocycles. The summed E-state index contributed by atoms with van der Waals surface area (Å²) in [5, 5.41) is 1.84. The highest BCUT2D eigenvalue weighted by Gasteiger charge is 2.37. The summed E-state index contributed by atoms with van der Waals surface area (Å²) in [6.45, 7) is 5.34. The third-order valence-electron chi connectivity index (χ3n) is 5.47. The van der Waals surface area contributed by atoms with Crippen LogP contribution in [0, 0.1) is 12.8 Å². The van der Waals surface area contributed by atoms with Crippen LogP contribution in [0.1, 0.15) is 25.3 Å². The van der Waals surface area contributed by atoms with Crippen LogP contribution in [0.3, 0.4) is 0 Å². The lowest BCUT2D eigenvalue weighted by atomic mass is 9.99.